The Labute approximate surface area is 192 Å². The van der Waals surface area contributed by atoms with E-state index in [1.807, 2.05) is 30.3 Å². The molecule has 0 saturated carbocycles. The maximum absolute atomic E-state index is 10.8. The maximum atomic E-state index is 10.8. The van der Waals surface area contributed by atoms with Crippen LogP contribution in [0.3, 0.4) is 0 Å². The van der Waals surface area contributed by atoms with Crippen molar-refractivity contribution < 1.29 is 5.11 Å². The third kappa shape index (κ3) is 4.49. The van der Waals surface area contributed by atoms with Crippen LogP contribution < -0.4 is 4.90 Å². The van der Waals surface area contributed by atoms with Crippen molar-refractivity contribution >= 4 is 39.9 Å². The van der Waals surface area contributed by atoms with Gasteiger partial charge in [-0.1, -0.05) is 35.3 Å². The van der Waals surface area contributed by atoms with Crippen LogP contribution >= 0.6 is 23.2 Å². The molecule has 2 aromatic carbocycles. The number of piperazine rings is 1. The molecule has 31 heavy (non-hydrogen) atoms. The lowest BCUT2D eigenvalue weighted by Crippen LogP contribution is -2.53. The minimum absolute atomic E-state index is 0.106. The number of halogens is 2. The molecule has 6 nitrogen and oxygen atoms in total. The summed E-state index contributed by atoms with van der Waals surface area (Å²) in [4.78, 5) is 15.9. The lowest BCUT2D eigenvalue weighted by atomic mass is 10.1. The van der Waals surface area contributed by atoms with Crippen LogP contribution in [0.4, 0.5) is 5.82 Å². The first-order valence-electron chi connectivity index (χ1n) is 10.6. The van der Waals surface area contributed by atoms with E-state index >= 15 is 0 Å². The monoisotopic (exact) mass is 457 g/mol. The van der Waals surface area contributed by atoms with Gasteiger partial charge in [0.25, 0.3) is 0 Å². The Kier molecular flexibility index (Phi) is 5.99. The topological polar surface area (TPSA) is 55.7 Å². The summed E-state index contributed by atoms with van der Waals surface area (Å²) in [5.74, 6) is 0.865. The number of benzene rings is 2. The number of aliphatic hydroxyl groups is 1. The molecule has 2 saturated heterocycles. The Bertz CT molecular complexity index is 1060. The highest BCUT2D eigenvalue weighted by atomic mass is 35.5. The van der Waals surface area contributed by atoms with Gasteiger partial charge >= 0.3 is 0 Å². The quantitative estimate of drug-likeness (QED) is 0.648. The molecule has 1 aromatic heterocycles. The van der Waals surface area contributed by atoms with Gasteiger partial charge in [0.2, 0.25) is 0 Å². The van der Waals surface area contributed by atoms with E-state index in [-0.39, 0.29) is 6.04 Å². The normalized spacial score (nSPS) is 23.0. The summed E-state index contributed by atoms with van der Waals surface area (Å²) in [7, 11) is 0. The van der Waals surface area contributed by atoms with Gasteiger partial charge in [-0.2, -0.15) is 0 Å². The predicted octanol–water partition coefficient (Wildman–Crippen LogP) is 3.30. The molecule has 0 amide bonds. The second-order valence-corrected chi connectivity index (χ2v) is 9.21. The molecule has 0 unspecified atom stereocenters. The molecule has 162 valence electrons. The number of nitrogens with zero attached hydrogens (tertiary/aromatic N) is 5. The Morgan fingerprint density at radius 3 is 2.42 bits per heavy atom. The third-order valence-corrected chi connectivity index (χ3v) is 6.82. The maximum Gasteiger partial charge on any atom is 0.140 e. The van der Waals surface area contributed by atoms with Crippen LogP contribution in [0.5, 0.6) is 0 Å². The zero-order chi connectivity index (χ0) is 21.4. The van der Waals surface area contributed by atoms with Gasteiger partial charge in [0, 0.05) is 61.2 Å². The lowest BCUT2D eigenvalue weighted by Gasteiger charge is -2.38. The van der Waals surface area contributed by atoms with Gasteiger partial charge in [-0.05, 0) is 35.9 Å². The summed E-state index contributed by atoms with van der Waals surface area (Å²) < 4.78 is 0. The van der Waals surface area contributed by atoms with Crippen molar-refractivity contribution in [2.24, 2.45) is 0 Å². The highest BCUT2D eigenvalue weighted by Gasteiger charge is 2.37. The molecule has 0 spiro atoms. The van der Waals surface area contributed by atoms with Gasteiger partial charge in [0.1, 0.15) is 12.1 Å². The summed E-state index contributed by atoms with van der Waals surface area (Å²) in [6.45, 7) is 6.13. The smallest absolute Gasteiger partial charge is 0.140 e. The molecule has 3 heterocycles. The van der Waals surface area contributed by atoms with Crippen LogP contribution in [-0.4, -0.2) is 76.3 Å². The van der Waals surface area contributed by atoms with E-state index in [4.69, 9.17) is 23.2 Å². The fourth-order valence-corrected chi connectivity index (χ4v) is 4.96. The zero-order valence-corrected chi connectivity index (χ0v) is 18.7. The van der Waals surface area contributed by atoms with Crippen molar-refractivity contribution in [2.45, 2.75) is 18.7 Å². The molecular weight excluding hydrogens is 433 g/mol. The van der Waals surface area contributed by atoms with Crippen molar-refractivity contribution in [1.29, 1.82) is 0 Å². The van der Waals surface area contributed by atoms with Crippen LogP contribution in [0.25, 0.3) is 10.9 Å². The van der Waals surface area contributed by atoms with Gasteiger partial charge in [-0.25, -0.2) is 9.97 Å². The van der Waals surface area contributed by atoms with Crippen LogP contribution in [0.15, 0.2) is 48.8 Å². The Morgan fingerprint density at radius 1 is 0.903 bits per heavy atom. The van der Waals surface area contributed by atoms with Crippen LogP contribution in [0.2, 0.25) is 10.0 Å². The first kappa shape index (κ1) is 20.9. The number of fused-ring (bicyclic) bond motifs is 1. The summed E-state index contributed by atoms with van der Waals surface area (Å²) in [6.07, 6.45) is 1.17. The largest absolute Gasteiger partial charge is 0.390 e. The zero-order valence-electron chi connectivity index (χ0n) is 17.2. The lowest BCUT2D eigenvalue weighted by molar-refractivity contribution is 0.0424. The Balaban J connectivity index is 1.23. The first-order valence-corrected chi connectivity index (χ1v) is 11.4. The molecule has 1 N–H and O–H groups in total. The van der Waals surface area contributed by atoms with Crippen LogP contribution in [-0.2, 0) is 6.54 Å². The number of aromatic nitrogens is 2. The number of β-amino-alcohol motifs (C(OH)–C–C–N with tert-alkyl or cyclic N) is 1. The predicted molar refractivity (Wildman–Crippen MR) is 125 cm³/mol. The second kappa shape index (κ2) is 8.88. The number of aliphatic hydroxyl groups excluding tert-OH is 1. The van der Waals surface area contributed by atoms with Crippen LogP contribution in [0.1, 0.15) is 5.56 Å². The number of hydrogen-bond acceptors (Lipinski definition) is 6. The number of rotatable bonds is 4. The molecule has 3 aromatic rings. The Hall–Kier alpha value is -1.96. The number of anilines is 1. The van der Waals surface area contributed by atoms with Gasteiger partial charge in [0.05, 0.1) is 17.7 Å². The average Bonchev–Trinajstić information content (AvgIpc) is 3.16. The number of hydrogen-bond donors (Lipinski definition) is 1. The highest BCUT2D eigenvalue weighted by molar-refractivity contribution is 6.31. The molecule has 2 aliphatic rings. The summed E-state index contributed by atoms with van der Waals surface area (Å²) in [6, 6.07) is 13.9. The van der Waals surface area contributed by atoms with E-state index in [2.05, 4.69) is 36.8 Å². The van der Waals surface area contributed by atoms with Crippen molar-refractivity contribution in [3.8, 4) is 0 Å². The molecular formula is C23H25Cl2N5O. The highest BCUT2D eigenvalue weighted by Crippen LogP contribution is 2.29. The van der Waals surface area contributed by atoms with Crippen molar-refractivity contribution in [2.75, 3.05) is 44.2 Å². The molecule has 2 atom stereocenters. The molecule has 0 bridgehead atoms. The van der Waals surface area contributed by atoms with Gasteiger partial charge in [-0.3, -0.25) is 9.80 Å². The van der Waals surface area contributed by atoms with E-state index in [1.54, 1.807) is 6.33 Å². The van der Waals surface area contributed by atoms with Crippen molar-refractivity contribution in [3.63, 3.8) is 0 Å². The van der Waals surface area contributed by atoms with Gasteiger partial charge in [0.15, 0.2) is 0 Å². The van der Waals surface area contributed by atoms with Crippen LogP contribution in [0, 0.1) is 0 Å². The molecule has 2 aliphatic heterocycles. The standard InChI is InChI=1S/C23H25Cl2N5O/c24-17-3-1-16(2-4-17)12-28-7-9-29(10-8-28)21-13-30(14-22(21)31)23-19-6-5-18(25)11-20(19)26-15-27-23/h1-6,11,15,21-22,31H,7-10,12-14H2/t21-,22-/m0/s1. The van der Waals surface area contributed by atoms with E-state index in [9.17, 15) is 5.11 Å². The SMILES string of the molecule is O[C@H]1CN(c2ncnc3cc(Cl)ccc23)C[C@@H]1N1CCN(Cc2ccc(Cl)cc2)CC1. The van der Waals surface area contributed by atoms with E-state index < -0.39 is 6.10 Å². The van der Waals surface area contributed by atoms with E-state index in [1.165, 1.54) is 5.56 Å². The second-order valence-electron chi connectivity index (χ2n) is 8.34. The summed E-state index contributed by atoms with van der Waals surface area (Å²) in [5, 5.41) is 13.2. The van der Waals surface area contributed by atoms with Crippen molar-refractivity contribution in [3.05, 3.63) is 64.4 Å². The third-order valence-electron chi connectivity index (χ3n) is 6.33. The molecule has 5 rings (SSSR count). The fraction of sp³-hybridized carbons (Fsp3) is 0.391. The minimum Gasteiger partial charge on any atom is -0.390 e. The summed E-state index contributed by atoms with van der Waals surface area (Å²) >= 11 is 12.1. The van der Waals surface area contributed by atoms with E-state index in [0.29, 0.717) is 11.6 Å². The molecule has 2 fully saturated rings. The Morgan fingerprint density at radius 2 is 1.65 bits per heavy atom. The molecule has 0 radical (unpaired) electrons. The van der Waals surface area contributed by atoms with Gasteiger partial charge < -0.3 is 10.0 Å². The fourth-order valence-electron chi connectivity index (χ4n) is 4.67. The minimum atomic E-state index is -0.403. The van der Waals surface area contributed by atoms with Gasteiger partial charge in [-0.15, -0.1) is 0 Å². The molecule has 8 heteroatoms. The average molecular weight is 458 g/mol. The summed E-state index contributed by atoms with van der Waals surface area (Å²) in [5.41, 5.74) is 2.10. The van der Waals surface area contributed by atoms with Crippen molar-refractivity contribution in [1.82, 2.24) is 19.8 Å². The van der Waals surface area contributed by atoms with E-state index in [0.717, 1.165) is 61.0 Å². The first-order chi connectivity index (χ1) is 15.1. The molecule has 0 aliphatic carbocycles.